The molecule has 0 spiro atoms. The SMILES string of the molecule is COCCC(=O)N1CCN(C(=O)c2ccc(N(C)C)cc2)CC1. The van der Waals surface area contributed by atoms with Gasteiger partial charge >= 0.3 is 0 Å². The van der Waals surface area contributed by atoms with Crippen LogP contribution in [0.4, 0.5) is 5.69 Å². The van der Waals surface area contributed by atoms with Crippen LogP contribution in [-0.4, -0.2) is 75.6 Å². The van der Waals surface area contributed by atoms with E-state index in [4.69, 9.17) is 4.74 Å². The Morgan fingerprint density at radius 2 is 1.61 bits per heavy atom. The van der Waals surface area contributed by atoms with Crippen molar-refractivity contribution >= 4 is 17.5 Å². The first kappa shape index (κ1) is 17.3. The first-order chi connectivity index (χ1) is 11.0. The molecule has 1 aromatic carbocycles. The van der Waals surface area contributed by atoms with Crippen molar-refractivity contribution in [1.82, 2.24) is 9.80 Å². The number of carbonyl (C=O) groups is 2. The molecule has 1 aliphatic rings. The zero-order chi connectivity index (χ0) is 16.8. The summed E-state index contributed by atoms with van der Waals surface area (Å²) in [5, 5.41) is 0. The number of benzene rings is 1. The molecular formula is C17H25N3O3. The Labute approximate surface area is 137 Å². The minimum absolute atomic E-state index is 0.0271. The normalized spacial score (nSPS) is 14.7. The molecule has 0 radical (unpaired) electrons. The molecule has 0 unspecified atom stereocenters. The summed E-state index contributed by atoms with van der Waals surface area (Å²) in [4.78, 5) is 30.1. The molecule has 0 N–H and O–H groups in total. The summed E-state index contributed by atoms with van der Waals surface area (Å²) >= 11 is 0. The molecule has 1 heterocycles. The lowest BCUT2D eigenvalue weighted by Crippen LogP contribution is -2.50. The Morgan fingerprint density at radius 3 is 2.13 bits per heavy atom. The molecule has 0 aromatic heterocycles. The summed E-state index contributed by atoms with van der Waals surface area (Å²) < 4.78 is 4.93. The van der Waals surface area contributed by atoms with E-state index in [9.17, 15) is 9.59 Å². The van der Waals surface area contributed by atoms with Gasteiger partial charge in [-0.3, -0.25) is 9.59 Å². The second-order valence-electron chi connectivity index (χ2n) is 5.86. The highest BCUT2D eigenvalue weighted by Gasteiger charge is 2.24. The zero-order valence-corrected chi connectivity index (χ0v) is 14.1. The molecule has 1 saturated heterocycles. The van der Waals surface area contributed by atoms with Crippen molar-refractivity contribution in [2.45, 2.75) is 6.42 Å². The third-order valence-corrected chi connectivity index (χ3v) is 4.07. The number of amides is 2. The van der Waals surface area contributed by atoms with Gasteiger partial charge in [-0.05, 0) is 24.3 Å². The number of anilines is 1. The lowest BCUT2D eigenvalue weighted by atomic mass is 10.1. The van der Waals surface area contributed by atoms with Gasteiger partial charge in [0.2, 0.25) is 5.91 Å². The highest BCUT2D eigenvalue weighted by molar-refractivity contribution is 5.94. The highest BCUT2D eigenvalue weighted by Crippen LogP contribution is 2.15. The Balaban J connectivity index is 1.89. The maximum Gasteiger partial charge on any atom is 0.253 e. The van der Waals surface area contributed by atoms with Crippen LogP contribution in [0, 0.1) is 0 Å². The maximum absolute atomic E-state index is 12.5. The van der Waals surface area contributed by atoms with Crippen molar-refractivity contribution in [3.05, 3.63) is 29.8 Å². The number of methoxy groups -OCH3 is 1. The molecule has 0 bridgehead atoms. The lowest BCUT2D eigenvalue weighted by molar-refractivity contribution is -0.133. The number of hydrogen-bond donors (Lipinski definition) is 0. The lowest BCUT2D eigenvalue weighted by Gasteiger charge is -2.35. The van der Waals surface area contributed by atoms with Crippen molar-refractivity contribution in [2.75, 3.05) is 58.9 Å². The highest BCUT2D eigenvalue weighted by atomic mass is 16.5. The van der Waals surface area contributed by atoms with Crippen molar-refractivity contribution in [3.63, 3.8) is 0 Å². The van der Waals surface area contributed by atoms with Gasteiger partial charge in [-0.2, -0.15) is 0 Å². The smallest absolute Gasteiger partial charge is 0.253 e. The van der Waals surface area contributed by atoms with Crippen LogP contribution in [0.2, 0.25) is 0 Å². The fourth-order valence-corrected chi connectivity index (χ4v) is 2.59. The van der Waals surface area contributed by atoms with E-state index in [1.54, 1.807) is 12.0 Å². The van der Waals surface area contributed by atoms with E-state index in [0.717, 1.165) is 5.69 Å². The largest absolute Gasteiger partial charge is 0.384 e. The number of ether oxygens (including phenoxy) is 1. The Hall–Kier alpha value is -2.08. The van der Waals surface area contributed by atoms with Gasteiger partial charge in [0.15, 0.2) is 0 Å². The summed E-state index contributed by atoms with van der Waals surface area (Å²) in [7, 11) is 5.53. The number of nitrogens with zero attached hydrogens (tertiary/aromatic N) is 3. The van der Waals surface area contributed by atoms with Crippen molar-refractivity contribution in [1.29, 1.82) is 0 Å². The van der Waals surface area contributed by atoms with Crippen molar-refractivity contribution in [3.8, 4) is 0 Å². The van der Waals surface area contributed by atoms with E-state index >= 15 is 0 Å². The third kappa shape index (κ3) is 4.45. The zero-order valence-electron chi connectivity index (χ0n) is 14.1. The third-order valence-electron chi connectivity index (χ3n) is 4.07. The van der Waals surface area contributed by atoms with Gasteiger partial charge in [-0.25, -0.2) is 0 Å². The van der Waals surface area contributed by atoms with Crippen LogP contribution in [0.15, 0.2) is 24.3 Å². The van der Waals surface area contributed by atoms with Crippen molar-refractivity contribution < 1.29 is 14.3 Å². The van der Waals surface area contributed by atoms with Crippen LogP contribution in [0.5, 0.6) is 0 Å². The molecule has 2 amide bonds. The summed E-state index contributed by atoms with van der Waals surface area (Å²) in [5.74, 6) is 0.119. The number of rotatable bonds is 5. The molecule has 2 rings (SSSR count). The quantitative estimate of drug-likeness (QED) is 0.815. The Kier molecular flexibility index (Phi) is 5.98. The fraction of sp³-hybridized carbons (Fsp3) is 0.529. The molecular weight excluding hydrogens is 294 g/mol. The molecule has 1 aliphatic heterocycles. The van der Waals surface area contributed by atoms with Gasteiger partial charge < -0.3 is 19.4 Å². The summed E-state index contributed by atoms with van der Waals surface area (Å²) in [6, 6.07) is 7.59. The second kappa shape index (κ2) is 7.97. The van der Waals surface area contributed by atoms with Gasteiger partial charge in [0.25, 0.3) is 5.91 Å². The average Bonchev–Trinajstić information content (AvgIpc) is 2.59. The fourth-order valence-electron chi connectivity index (χ4n) is 2.59. The molecule has 0 atom stereocenters. The van der Waals surface area contributed by atoms with E-state index in [1.165, 1.54) is 0 Å². The molecule has 0 aliphatic carbocycles. The minimum atomic E-state index is 0.0271. The molecule has 1 aromatic rings. The van der Waals surface area contributed by atoms with Gasteiger partial charge in [-0.1, -0.05) is 0 Å². The first-order valence-electron chi connectivity index (χ1n) is 7.86. The monoisotopic (exact) mass is 319 g/mol. The molecule has 23 heavy (non-hydrogen) atoms. The van der Waals surface area contributed by atoms with E-state index in [-0.39, 0.29) is 11.8 Å². The molecule has 6 heteroatoms. The van der Waals surface area contributed by atoms with E-state index in [1.807, 2.05) is 48.2 Å². The number of piperazine rings is 1. The van der Waals surface area contributed by atoms with Gasteiger partial charge in [-0.15, -0.1) is 0 Å². The summed E-state index contributed by atoms with van der Waals surface area (Å²) in [5.41, 5.74) is 1.75. The van der Waals surface area contributed by atoms with Crippen LogP contribution in [0.3, 0.4) is 0 Å². The van der Waals surface area contributed by atoms with Gasteiger partial charge in [0, 0.05) is 58.6 Å². The van der Waals surface area contributed by atoms with Crippen LogP contribution in [0.1, 0.15) is 16.8 Å². The molecule has 1 fully saturated rings. The molecule has 126 valence electrons. The predicted molar refractivity (Wildman–Crippen MR) is 89.7 cm³/mol. The first-order valence-corrected chi connectivity index (χ1v) is 7.86. The summed E-state index contributed by atoms with van der Waals surface area (Å²) in [6.07, 6.45) is 0.399. The minimum Gasteiger partial charge on any atom is -0.384 e. The van der Waals surface area contributed by atoms with Gasteiger partial charge in [0.05, 0.1) is 13.0 Å². The van der Waals surface area contributed by atoms with Crippen LogP contribution in [-0.2, 0) is 9.53 Å². The van der Waals surface area contributed by atoms with Crippen molar-refractivity contribution in [2.24, 2.45) is 0 Å². The van der Waals surface area contributed by atoms with Gasteiger partial charge in [0.1, 0.15) is 0 Å². The Bertz CT molecular complexity index is 535. The Morgan fingerprint density at radius 1 is 1.04 bits per heavy atom. The predicted octanol–water partition coefficient (Wildman–Crippen LogP) is 1.07. The summed E-state index contributed by atoms with van der Waals surface area (Å²) in [6.45, 7) is 2.77. The van der Waals surface area contributed by atoms with Crippen LogP contribution < -0.4 is 4.90 Å². The van der Waals surface area contributed by atoms with E-state index < -0.39 is 0 Å². The average molecular weight is 319 g/mol. The number of hydrogen-bond acceptors (Lipinski definition) is 4. The topological polar surface area (TPSA) is 53.1 Å². The molecule has 6 nitrogen and oxygen atoms in total. The maximum atomic E-state index is 12.5. The van der Waals surface area contributed by atoms with E-state index in [0.29, 0.717) is 44.8 Å². The number of carbonyl (C=O) groups excluding carboxylic acids is 2. The van der Waals surface area contributed by atoms with Crippen LogP contribution >= 0.6 is 0 Å². The second-order valence-corrected chi connectivity index (χ2v) is 5.86. The standard InChI is InChI=1S/C17H25N3O3/c1-18(2)15-6-4-14(5-7-15)17(22)20-11-9-19(10-12-20)16(21)8-13-23-3/h4-7H,8-13H2,1-3H3. The van der Waals surface area contributed by atoms with Crippen LogP contribution in [0.25, 0.3) is 0 Å². The molecule has 0 saturated carbocycles. The van der Waals surface area contributed by atoms with E-state index in [2.05, 4.69) is 0 Å².